The Labute approximate surface area is 124 Å². The Morgan fingerprint density at radius 3 is 2.70 bits per heavy atom. The summed E-state index contributed by atoms with van der Waals surface area (Å²) in [6, 6.07) is 0.904. The summed E-state index contributed by atoms with van der Waals surface area (Å²) in [7, 11) is 1.43. The van der Waals surface area contributed by atoms with Crippen molar-refractivity contribution in [3.05, 3.63) is 0 Å². The summed E-state index contributed by atoms with van der Waals surface area (Å²) >= 11 is 0. The monoisotopic (exact) mass is 284 g/mol. The van der Waals surface area contributed by atoms with E-state index >= 15 is 0 Å². The first-order chi connectivity index (χ1) is 9.44. The van der Waals surface area contributed by atoms with Crippen LogP contribution in [0.2, 0.25) is 0 Å². The van der Waals surface area contributed by atoms with E-state index in [4.69, 9.17) is 10.5 Å². The standard InChI is InChI=1S/C16H32N2O2/c1-5-6-7-11-18(13(2)3)14-9-8-10-16(17,12-14)15(19)20-4/h13-14H,5-12,17H2,1-4H3. The number of carbonyl (C=O) groups excluding carboxylic acids is 1. The largest absolute Gasteiger partial charge is 0.468 e. The smallest absolute Gasteiger partial charge is 0.325 e. The van der Waals surface area contributed by atoms with Crippen LogP contribution in [0.25, 0.3) is 0 Å². The van der Waals surface area contributed by atoms with Crippen LogP contribution in [-0.4, -0.2) is 42.1 Å². The molecule has 4 heteroatoms. The minimum absolute atomic E-state index is 0.250. The lowest BCUT2D eigenvalue weighted by atomic mass is 9.78. The number of carbonyl (C=O) groups is 1. The Bertz CT molecular complexity index is 307. The summed E-state index contributed by atoms with van der Waals surface area (Å²) in [6.45, 7) is 7.80. The SMILES string of the molecule is CCCCCN(C(C)C)C1CCCC(N)(C(=O)OC)C1. The Hall–Kier alpha value is -0.610. The highest BCUT2D eigenvalue weighted by Gasteiger charge is 2.42. The molecular weight excluding hydrogens is 252 g/mol. The van der Waals surface area contributed by atoms with E-state index in [-0.39, 0.29) is 5.97 Å². The van der Waals surface area contributed by atoms with Gasteiger partial charge >= 0.3 is 5.97 Å². The van der Waals surface area contributed by atoms with Crippen LogP contribution in [-0.2, 0) is 9.53 Å². The molecule has 1 fully saturated rings. The molecule has 2 N–H and O–H groups in total. The topological polar surface area (TPSA) is 55.6 Å². The fourth-order valence-corrected chi connectivity index (χ4v) is 3.36. The van der Waals surface area contributed by atoms with E-state index < -0.39 is 5.54 Å². The zero-order chi connectivity index (χ0) is 15.2. The molecule has 4 nitrogen and oxygen atoms in total. The van der Waals surface area contributed by atoms with Crippen LogP contribution >= 0.6 is 0 Å². The van der Waals surface area contributed by atoms with Crippen LogP contribution < -0.4 is 5.73 Å². The molecule has 0 amide bonds. The van der Waals surface area contributed by atoms with Crippen LogP contribution in [0, 0.1) is 0 Å². The third-order valence-electron chi connectivity index (χ3n) is 4.50. The van der Waals surface area contributed by atoms with Gasteiger partial charge < -0.3 is 10.5 Å². The second-order valence-corrected chi connectivity index (χ2v) is 6.44. The predicted molar refractivity (Wildman–Crippen MR) is 82.6 cm³/mol. The fraction of sp³-hybridized carbons (Fsp3) is 0.938. The quantitative estimate of drug-likeness (QED) is 0.577. The van der Waals surface area contributed by atoms with Crippen LogP contribution in [0.3, 0.4) is 0 Å². The molecule has 1 aliphatic rings. The van der Waals surface area contributed by atoms with Crippen molar-refractivity contribution in [1.82, 2.24) is 4.90 Å². The van der Waals surface area contributed by atoms with Gasteiger partial charge in [0.1, 0.15) is 5.54 Å². The van der Waals surface area contributed by atoms with Crippen molar-refractivity contribution in [2.24, 2.45) is 5.73 Å². The van der Waals surface area contributed by atoms with E-state index in [2.05, 4.69) is 25.7 Å². The normalized spacial score (nSPS) is 27.1. The van der Waals surface area contributed by atoms with Crippen LogP contribution in [0.1, 0.15) is 65.7 Å². The second-order valence-electron chi connectivity index (χ2n) is 6.44. The minimum Gasteiger partial charge on any atom is -0.468 e. The molecule has 2 unspecified atom stereocenters. The van der Waals surface area contributed by atoms with Gasteiger partial charge in [0.2, 0.25) is 0 Å². The van der Waals surface area contributed by atoms with Crippen molar-refractivity contribution in [2.45, 2.75) is 83.3 Å². The second kappa shape index (κ2) is 7.99. The first-order valence-electron chi connectivity index (χ1n) is 8.07. The number of ether oxygens (including phenoxy) is 1. The summed E-state index contributed by atoms with van der Waals surface area (Å²) in [5, 5.41) is 0. The molecule has 0 heterocycles. The highest BCUT2D eigenvalue weighted by Crippen LogP contribution is 2.31. The first-order valence-corrected chi connectivity index (χ1v) is 8.07. The van der Waals surface area contributed by atoms with Gasteiger partial charge in [0.05, 0.1) is 7.11 Å². The van der Waals surface area contributed by atoms with Crippen molar-refractivity contribution >= 4 is 5.97 Å². The first kappa shape index (κ1) is 17.4. The summed E-state index contributed by atoms with van der Waals surface area (Å²) in [6.07, 6.45) is 7.34. The van der Waals surface area contributed by atoms with E-state index in [1.807, 2.05) is 0 Å². The van der Waals surface area contributed by atoms with Gasteiger partial charge in [-0.25, -0.2) is 0 Å². The lowest BCUT2D eigenvalue weighted by Crippen LogP contribution is -2.57. The molecule has 0 saturated heterocycles. The third-order valence-corrected chi connectivity index (χ3v) is 4.50. The average molecular weight is 284 g/mol. The van der Waals surface area contributed by atoms with Gasteiger partial charge in [0.15, 0.2) is 0 Å². The molecule has 0 aromatic carbocycles. The molecule has 0 radical (unpaired) electrons. The summed E-state index contributed by atoms with van der Waals surface area (Å²) in [4.78, 5) is 14.4. The molecule has 0 aliphatic heterocycles. The number of hydrogen-bond donors (Lipinski definition) is 1. The lowest BCUT2D eigenvalue weighted by molar-refractivity contribution is -0.149. The average Bonchev–Trinajstić information content (AvgIpc) is 2.42. The van der Waals surface area contributed by atoms with E-state index in [9.17, 15) is 4.79 Å². The van der Waals surface area contributed by atoms with E-state index in [0.717, 1.165) is 32.2 Å². The van der Waals surface area contributed by atoms with Crippen molar-refractivity contribution in [3.63, 3.8) is 0 Å². The molecule has 1 rings (SSSR count). The van der Waals surface area contributed by atoms with Gasteiger partial charge in [-0.3, -0.25) is 9.69 Å². The van der Waals surface area contributed by atoms with Crippen LogP contribution in [0.5, 0.6) is 0 Å². The molecule has 0 bridgehead atoms. The number of methoxy groups -OCH3 is 1. The summed E-state index contributed by atoms with van der Waals surface area (Å²) < 4.78 is 4.90. The van der Waals surface area contributed by atoms with Crippen LogP contribution in [0.15, 0.2) is 0 Å². The van der Waals surface area contributed by atoms with E-state index in [0.29, 0.717) is 12.1 Å². The van der Waals surface area contributed by atoms with Crippen molar-refractivity contribution < 1.29 is 9.53 Å². The molecule has 20 heavy (non-hydrogen) atoms. The molecule has 2 atom stereocenters. The number of rotatable bonds is 7. The number of unbranched alkanes of at least 4 members (excludes halogenated alkanes) is 2. The maximum atomic E-state index is 11.9. The number of esters is 1. The molecule has 0 aromatic heterocycles. The van der Waals surface area contributed by atoms with Crippen molar-refractivity contribution in [2.75, 3.05) is 13.7 Å². The minimum atomic E-state index is -0.782. The third kappa shape index (κ3) is 4.45. The van der Waals surface area contributed by atoms with Gasteiger partial charge in [-0.1, -0.05) is 19.8 Å². The Kier molecular flexibility index (Phi) is 6.96. The molecule has 0 spiro atoms. The molecule has 1 saturated carbocycles. The van der Waals surface area contributed by atoms with E-state index in [1.54, 1.807) is 0 Å². The Balaban J connectivity index is 2.68. The van der Waals surface area contributed by atoms with Crippen molar-refractivity contribution in [1.29, 1.82) is 0 Å². The molecule has 1 aliphatic carbocycles. The van der Waals surface area contributed by atoms with Gasteiger partial charge in [0, 0.05) is 12.1 Å². The van der Waals surface area contributed by atoms with Gasteiger partial charge in [-0.2, -0.15) is 0 Å². The predicted octanol–water partition coefficient (Wildman–Crippen LogP) is 2.70. The summed E-state index contributed by atoms with van der Waals surface area (Å²) in [5.41, 5.74) is 5.51. The zero-order valence-electron chi connectivity index (χ0n) is 13.7. The molecular formula is C16H32N2O2. The maximum Gasteiger partial charge on any atom is 0.325 e. The van der Waals surface area contributed by atoms with Gasteiger partial charge in [0.25, 0.3) is 0 Å². The summed E-state index contributed by atoms with van der Waals surface area (Å²) in [5.74, 6) is -0.250. The fourth-order valence-electron chi connectivity index (χ4n) is 3.36. The number of nitrogens with two attached hydrogens (primary N) is 1. The highest BCUT2D eigenvalue weighted by molar-refractivity contribution is 5.80. The number of nitrogens with zero attached hydrogens (tertiary/aromatic N) is 1. The molecule has 118 valence electrons. The van der Waals surface area contributed by atoms with Gasteiger partial charge in [-0.05, 0) is 52.5 Å². The Morgan fingerprint density at radius 1 is 1.45 bits per heavy atom. The number of hydrogen-bond acceptors (Lipinski definition) is 4. The highest BCUT2D eigenvalue weighted by atomic mass is 16.5. The zero-order valence-corrected chi connectivity index (χ0v) is 13.7. The van der Waals surface area contributed by atoms with E-state index in [1.165, 1.54) is 26.4 Å². The Morgan fingerprint density at radius 2 is 2.15 bits per heavy atom. The maximum absolute atomic E-state index is 11.9. The van der Waals surface area contributed by atoms with Crippen molar-refractivity contribution in [3.8, 4) is 0 Å². The van der Waals surface area contributed by atoms with Gasteiger partial charge in [-0.15, -0.1) is 0 Å². The molecule has 0 aromatic rings. The lowest BCUT2D eigenvalue weighted by Gasteiger charge is -2.43. The van der Waals surface area contributed by atoms with Crippen LogP contribution in [0.4, 0.5) is 0 Å².